The molecule has 1 saturated heterocycles. The molecule has 4 rings (SSSR count). The summed E-state index contributed by atoms with van der Waals surface area (Å²) in [6.07, 6.45) is 12.2. The Morgan fingerprint density at radius 3 is 2.62 bits per heavy atom. The van der Waals surface area contributed by atoms with Gasteiger partial charge < -0.3 is 15.2 Å². The maximum absolute atomic E-state index is 13.1. The standard InChI is InChI=1S/C25H33FN4O2/c26-20-11-9-18(10-12-20)21-15-19(21)7-3-1-4-8-22(25(32)30-13-5-2-6-14-30)29-24(31)23-16-27-17-28-23/h9-12,16-17,19,21-22H,1-8,13-15H2,(H,27,28)(H,29,31)/t19?,21-,22-/m0/s1. The Balaban J connectivity index is 1.22. The van der Waals surface area contributed by atoms with Crippen LogP contribution in [-0.2, 0) is 4.79 Å². The van der Waals surface area contributed by atoms with Gasteiger partial charge in [0, 0.05) is 13.1 Å². The number of carbonyl (C=O) groups excluding carboxylic acids is 2. The first-order valence-corrected chi connectivity index (χ1v) is 12.0. The molecule has 3 atom stereocenters. The van der Waals surface area contributed by atoms with Crippen molar-refractivity contribution in [2.45, 2.75) is 69.7 Å². The highest BCUT2D eigenvalue weighted by atomic mass is 19.1. The summed E-state index contributed by atoms with van der Waals surface area (Å²) in [5.41, 5.74) is 1.62. The number of carbonyl (C=O) groups is 2. The topological polar surface area (TPSA) is 78.1 Å². The first kappa shape index (κ1) is 22.5. The summed E-state index contributed by atoms with van der Waals surface area (Å²) in [6.45, 7) is 1.56. The Kier molecular flexibility index (Phi) is 7.55. The predicted molar refractivity (Wildman–Crippen MR) is 121 cm³/mol. The van der Waals surface area contributed by atoms with Gasteiger partial charge in [-0.25, -0.2) is 9.37 Å². The van der Waals surface area contributed by atoms with Crippen LogP contribution >= 0.6 is 0 Å². The first-order valence-electron chi connectivity index (χ1n) is 12.0. The Labute approximate surface area is 189 Å². The Morgan fingerprint density at radius 1 is 1.12 bits per heavy atom. The van der Waals surface area contributed by atoms with E-state index in [9.17, 15) is 14.0 Å². The second-order valence-electron chi connectivity index (χ2n) is 9.17. The molecule has 1 aromatic heterocycles. The second kappa shape index (κ2) is 10.7. The summed E-state index contributed by atoms with van der Waals surface area (Å²) >= 11 is 0. The van der Waals surface area contributed by atoms with Gasteiger partial charge in [0.05, 0.1) is 12.5 Å². The van der Waals surface area contributed by atoms with E-state index in [4.69, 9.17) is 0 Å². The minimum atomic E-state index is -0.489. The zero-order valence-electron chi connectivity index (χ0n) is 18.6. The highest BCUT2D eigenvalue weighted by Gasteiger charge is 2.37. The van der Waals surface area contributed by atoms with Crippen LogP contribution in [0.2, 0.25) is 0 Å². The van der Waals surface area contributed by atoms with Crippen LogP contribution in [0, 0.1) is 11.7 Å². The van der Waals surface area contributed by atoms with E-state index in [-0.39, 0.29) is 17.6 Å². The number of aromatic amines is 1. The fourth-order valence-electron chi connectivity index (χ4n) is 4.82. The van der Waals surface area contributed by atoms with Crippen LogP contribution in [0.25, 0.3) is 0 Å². The number of hydrogen-bond donors (Lipinski definition) is 2. The lowest BCUT2D eigenvalue weighted by molar-refractivity contribution is -0.134. The van der Waals surface area contributed by atoms with Gasteiger partial charge in [-0.3, -0.25) is 9.59 Å². The van der Waals surface area contributed by atoms with E-state index in [1.807, 2.05) is 17.0 Å². The number of likely N-dealkylation sites (tertiary alicyclic amines) is 1. The molecule has 32 heavy (non-hydrogen) atoms. The molecule has 7 heteroatoms. The van der Waals surface area contributed by atoms with E-state index in [1.54, 1.807) is 12.1 Å². The molecule has 2 aromatic rings. The van der Waals surface area contributed by atoms with Gasteiger partial charge in [-0.15, -0.1) is 0 Å². The predicted octanol–water partition coefficient (Wildman–Crippen LogP) is 4.41. The minimum Gasteiger partial charge on any atom is -0.341 e. The van der Waals surface area contributed by atoms with Gasteiger partial charge >= 0.3 is 0 Å². The van der Waals surface area contributed by atoms with Crippen molar-refractivity contribution in [3.05, 3.63) is 53.9 Å². The van der Waals surface area contributed by atoms with Gasteiger partial charge in [0.1, 0.15) is 17.6 Å². The number of aromatic nitrogens is 2. The normalized spacial score (nSPS) is 21.2. The van der Waals surface area contributed by atoms with E-state index >= 15 is 0 Å². The molecule has 2 N–H and O–H groups in total. The van der Waals surface area contributed by atoms with Crippen molar-refractivity contribution in [2.24, 2.45) is 5.92 Å². The molecule has 1 unspecified atom stereocenters. The Morgan fingerprint density at radius 2 is 1.91 bits per heavy atom. The smallest absolute Gasteiger partial charge is 0.269 e. The van der Waals surface area contributed by atoms with Crippen molar-refractivity contribution in [3.63, 3.8) is 0 Å². The number of unbranched alkanes of at least 4 members (excludes halogenated alkanes) is 2. The molecular weight excluding hydrogens is 407 g/mol. The van der Waals surface area contributed by atoms with Crippen LogP contribution in [0.3, 0.4) is 0 Å². The third-order valence-corrected chi connectivity index (χ3v) is 6.80. The van der Waals surface area contributed by atoms with Gasteiger partial charge in [-0.1, -0.05) is 31.4 Å². The average molecular weight is 441 g/mol. The molecule has 2 aliphatic rings. The van der Waals surface area contributed by atoms with Crippen LogP contribution < -0.4 is 5.32 Å². The van der Waals surface area contributed by atoms with Gasteiger partial charge in [0.2, 0.25) is 5.91 Å². The molecule has 2 heterocycles. The molecule has 2 amide bonds. The van der Waals surface area contributed by atoms with E-state index in [0.717, 1.165) is 58.0 Å². The summed E-state index contributed by atoms with van der Waals surface area (Å²) in [5.74, 6) is 0.831. The number of piperidine rings is 1. The molecule has 6 nitrogen and oxygen atoms in total. The van der Waals surface area contributed by atoms with E-state index in [0.29, 0.717) is 24.0 Å². The Hall–Kier alpha value is -2.70. The van der Waals surface area contributed by atoms with Crippen molar-refractivity contribution < 1.29 is 14.0 Å². The third-order valence-electron chi connectivity index (χ3n) is 6.80. The summed E-state index contributed by atoms with van der Waals surface area (Å²) in [5, 5.41) is 2.93. The number of amides is 2. The van der Waals surface area contributed by atoms with Crippen LogP contribution in [0.4, 0.5) is 4.39 Å². The lowest BCUT2D eigenvalue weighted by Crippen LogP contribution is -2.50. The lowest BCUT2D eigenvalue weighted by Gasteiger charge is -2.30. The van der Waals surface area contributed by atoms with Gasteiger partial charge in [-0.05, 0) is 68.1 Å². The fourth-order valence-corrected chi connectivity index (χ4v) is 4.82. The molecule has 1 saturated carbocycles. The van der Waals surface area contributed by atoms with E-state index < -0.39 is 6.04 Å². The lowest BCUT2D eigenvalue weighted by atomic mass is 10.0. The van der Waals surface area contributed by atoms with E-state index in [1.165, 1.54) is 24.5 Å². The number of benzene rings is 1. The summed E-state index contributed by atoms with van der Waals surface area (Å²) in [4.78, 5) is 34.2. The molecule has 0 spiro atoms. The third kappa shape index (κ3) is 5.96. The first-order chi connectivity index (χ1) is 15.6. The number of halogens is 1. The van der Waals surface area contributed by atoms with Crippen molar-refractivity contribution in [3.8, 4) is 0 Å². The fraction of sp³-hybridized carbons (Fsp3) is 0.560. The van der Waals surface area contributed by atoms with Gasteiger partial charge in [0.15, 0.2) is 0 Å². The number of nitrogens with zero attached hydrogens (tertiary/aromatic N) is 2. The molecule has 0 radical (unpaired) electrons. The summed E-state index contributed by atoms with van der Waals surface area (Å²) in [7, 11) is 0. The molecule has 2 fully saturated rings. The van der Waals surface area contributed by atoms with Crippen molar-refractivity contribution >= 4 is 11.8 Å². The maximum Gasteiger partial charge on any atom is 0.269 e. The zero-order valence-corrected chi connectivity index (χ0v) is 18.6. The van der Waals surface area contributed by atoms with Crippen molar-refractivity contribution in [2.75, 3.05) is 13.1 Å². The monoisotopic (exact) mass is 440 g/mol. The quantitative estimate of drug-likeness (QED) is 0.537. The summed E-state index contributed by atoms with van der Waals surface area (Å²) < 4.78 is 13.1. The van der Waals surface area contributed by atoms with Crippen molar-refractivity contribution in [1.82, 2.24) is 20.2 Å². The molecule has 172 valence electrons. The van der Waals surface area contributed by atoms with Crippen LogP contribution in [0.15, 0.2) is 36.8 Å². The van der Waals surface area contributed by atoms with Crippen molar-refractivity contribution in [1.29, 1.82) is 0 Å². The number of H-pyrrole nitrogens is 1. The average Bonchev–Trinajstić information content (AvgIpc) is 3.36. The highest BCUT2D eigenvalue weighted by Crippen LogP contribution is 2.50. The molecule has 1 aromatic carbocycles. The number of imidazole rings is 1. The maximum atomic E-state index is 13.1. The minimum absolute atomic E-state index is 0.0381. The highest BCUT2D eigenvalue weighted by molar-refractivity contribution is 5.95. The number of rotatable bonds is 10. The largest absolute Gasteiger partial charge is 0.341 e. The zero-order chi connectivity index (χ0) is 22.3. The molecule has 1 aliphatic carbocycles. The SMILES string of the molecule is O=C(N[C@@H](CCCCCC1C[C@H]1c1ccc(F)cc1)C(=O)N1CCCCC1)c1cnc[nH]1. The molecule has 1 aliphatic heterocycles. The Bertz CT molecular complexity index is 878. The van der Waals surface area contributed by atoms with E-state index in [2.05, 4.69) is 15.3 Å². The van der Waals surface area contributed by atoms with Crippen LogP contribution in [-0.4, -0.2) is 45.8 Å². The van der Waals surface area contributed by atoms with Crippen LogP contribution in [0.1, 0.15) is 79.8 Å². The second-order valence-corrected chi connectivity index (χ2v) is 9.17. The molecular formula is C25H33FN4O2. The number of nitrogens with one attached hydrogen (secondary N) is 2. The van der Waals surface area contributed by atoms with Crippen LogP contribution in [0.5, 0.6) is 0 Å². The summed E-state index contributed by atoms with van der Waals surface area (Å²) in [6, 6.07) is 6.40. The molecule has 0 bridgehead atoms. The van der Waals surface area contributed by atoms with Gasteiger partial charge in [0.25, 0.3) is 5.91 Å². The van der Waals surface area contributed by atoms with Gasteiger partial charge in [-0.2, -0.15) is 0 Å². The number of hydrogen-bond acceptors (Lipinski definition) is 3.